The third-order valence-corrected chi connectivity index (χ3v) is 3.75. The highest BCUT2D eigenvalue weighted by molar-refractivity contribution is 7.97. The van der Waals surface area contributed by atoms with Gasteiger partial charge in [-0.1, -0.05) is 12.1 Å². The van der Waals surface area contributed by atoms with Crippen molar-refractivity contribution in [1.82, 2.24) is 5.32 Å². The Balaban J connectivity index is 1.91. The average molecular weight is 291 g/mol. The third-order valence-electron chi connectivity index (χ3n) is 3.18. The Morgan fingerprint density at radius 1 is 1.25 bits per heavy atom. The molecule has 0 amide bonds. The average Bonchev–Trinajstić information content (AvgIpc) is 2.93. The number of ether oxygens (including phenoxy) is 1. The molecule has 3 nitrogen and oxygen atoms in total. The fourth-order valence-corrected chi connectivity index (χ4v) is 2.46. The highest BCUT2D eigenvalue weighted by atomic mass is 32.2. The van der Waals surface area contributed by atoms with Gasteiger partial charge in [-0.2, -0.15) is 11.8 Å². The molecule has 1 aromatic heterocycles. The molecular weight excluding hydrogens is 270 g/mol. The van der Waals surface area contributed by atoms with Gasteiger partial charge in [-0.25, -0.2) is 0 Å². The second-order valence-corrected chi connectivity index (χ2v) is 5.55. The molecule has 0 fully saturated rings. The lowest BCUT2D eigenvalue weighted by atomic mass is 10.1. The Morgan fingerprint density at radius 3 is 2.80 bits per heavy atom. The van der Waals surface area contributed by atoms with Crippen molar-refractivity contribution in [2.75, 3.05) is 13.4 Å². The Kier molecular flexibility index (Phi) is 5.56. The molecule has 1 N–H and O–H groups in total. The molecule has 2 aromatic rings. The Labute approximate surface area is 124 Å². The fraction of sp³-hybridized carbons (Fsp3) is 0.375. The molecule has 0 aliphatic heterocycles. The quantitative estimate of drug-likeness (QED) is 0.836. The maximum atomic E-state index is 5.75. The molecule has 4 heteroatoms. The summed E-state index contributed by atoms with van der Waals surface area (Å²) in [5.74, 6) is 3.81. The first-order chi connectivity index (χ1) is 9.72. The number of rotatable bonds is 7. The molecule has 0 spiro atoms. The van der Waals surface area contributed by atoms with Crippen molar-refractivity contribution in [2.24, 2.45) is 0 Å². The lowest BCUT2D eigenvalue weighted by Crippen LogP contribution is -2.17. The second kappa shape index (κ2) is 7.41. The summed E-state index contributed by atoms with van der Waals surface area (Å²) in [6.07, 6.45) is 2.07. The third kappa shape index (κ3) is 4.05. The highest BCUT2D eigenvalue weighted by Crippen LogP contribution is 2.20. The minimum Gasteiger partial charge on any atom is -0.497 e. The molecule has 2 rings (SSSR count). The smallest absolute Gasteiger partial charge is 0.119 e. The van der Waals surface area contributed by atoms with E-state index >= 15 is 0 Å². The lowest BCUT2D eigenvalue weighted by Gasteiger charge is -2.14. The van der Waals surface area contributed by atoms with Crippen molar-refractivity contribution in [2.45, 2.75) is 25.3 Å². The molecule has 0 saturated carbocycles. The van der Waals surface area contributed by atoms with Crippen molar-refractivity contribution >= 4 is 11.8 Å². The normalized spacial score (nSPS) is 12.3. The second-order valence-electron chi connectivity index (χ2n) is 4.68. The van der Waals surface area contributed by atoms with E-state index in [4.69, 9.17) is 9.15 Å². The fourth-order valence-electron chi connectivity index (χ4n) is 2.02. The summed E-state index contributed by atoms with van der Waals surface area (Å²) in [5, 5.41) is 3.47. The van der Waals surface area contributed by atoms with Crippen molar-refractivity contribution < 1.29 is 9.15 Å². The van der Waals surface area contributed by atoms with E-state index in [-0.39, 0.29) is 6.04 Å². The molecule has 108 valence electrons. The van der Waals surface area contributed by atoms with Gasteiger partial charge in [0.15, 0.2) is 0 Å². The molecule has 0 radical (unpaired) electrons. The van der Waals surface area contributed by atoms with E-state index in [1.807, 2.05) is 24.3 Å². The van der Waals surface area contributed by atoms with E-state index in [1.165, 1.54) is 5.56 Å². The van der Waals surface area contributed by atoms with E-state index in [0.717, 1.165) is 29.6 Å². The summed E-state index contributed by atoms with van der Waals surface area (Å²) in [4.78, 5) is 0. The maximum absolute atomic E-state index is 5.75. The first-order valence-corrected chi connectivity index (χ1v) is 8.06. The topological polar surface area (TPSA) is 34.4 Å². The number of benzene rings is 1. The van der Waals surface area contributed by atoms with Crippen LogP contribution in [0, 0.1) is 0 Å². The van der Waals surface area contributed by atoms with E-state index in [0.29, 0.717) is 0 Å². The Bertz CT molecular complexity index is 539. The van der Waals surface area contributed by atoms with Crippen LogP contribution in [0.3, 0.4) is 0 Å². The van der Waals surface area contributed by atoms with Crippen molar-refractivity contribution in [3.05, 3.63) is 53.5 Å². The van der Waals surface area contributed by atoms with Crippen molar-refractivity contribution in [1.29, 1.82) is 0 Å². The number of hydrogen-bond donors (Lipinski definition) is 1. The SMILES string of the molecule is COc1cccc(C(C)NCc2ccc(CSC)o2)c1. The minimum absolute atomic E-state index is 0.249. The summed E-state index contributed by atoms with van der Waals surface area (Å²) in [5.41, 5.74) is 1.21. The van der Waals surface area contributed by atoms with Crippen LogP contribution in [0.2, 0.25) is 0 Å². The van der Waals surface area contributed by atoms with Gasteiger partial charge in [0.1, 0.15) is 17.3 Å². The van der Waals surface area contributed by atoms with Crippen LogP contribution < -0.4 is 10.1 Å². The Hall–Kier alpha value is -1.39. The molecular formula is C16H21NO2S. The van der Waals surface area contributed by atoms with Gasteiger partial charge in [-0.15, -0.1) is 0 Å². The van der Waals surface area contributed by atoms with Crippen molar-refractivity contribution in [3.8, 4) is 5.75 Å². The first-order valence-electron chi connectivity index (χ1n) is 6.66. The van der Waals surface area contributed by atoms with E-state index in [9.17, 15) is 0 Å². The summed E-state index contributed by atoms with van der Waals surface area (Å²) < 4.78 is 11.0. The minimum atomic E-state index is 0.249. The van der Waals surface area contributed by atoms with Crippen LogP contribution in [0.25, 0.3) is 0 Å². The number of nitrogens with one attached hydrogen (secondary N) is 1. The van der Waals surface area contributed by atoms with Crippen LogP contribution in [0.5, 0.6) is 5.75 Å². The summed E-state index contributed by atoms with van der Waals surface area (Å²) in [7, 11) is 1.69. The zero-order valence-electron chi connectivity index (χ0n) is 12.2. The van der Waals surface area contributed by atoms with Gasteiger partial charge in [-0.05, 0) is 43.0 Å². The molecule has 0 aliphatic carbocycles. The monoisotopic (exact) mass is 291 g/mol. The zero-order valence-corrected chi connectivity index (χ0v) is 13.0. The molecule has 1 atom stereocenters. The van der Waals surface area contributed by atoms with Crippen LogP contribution in [-0.4, -0.2) is 13.4 Å². The Morgan fingerprint density at radius 2 is 2.05 bits per heavy atom. The van der Waals surface area contributed by atoms with Gasteiger partial charge in [-0.3, -0.25) is 0 Å². The molecule has 0 saturated heterocycles. The van der Waals surface area contributed by atoms with Gasteiger partial charge < -0.3 is 14.5 Å². The molecule has 1 aromatic carbocycles. The van der Waals surface area contributed by atoms with E-state index in [1.54, 1.807) is 18.9 Å². The van der Waals surface area contributed by atoms with Gasteiger partial charge in [0.25, 0.3) is 0 Å². The van der Waals surface area contributed by atoms with Gasteiger partial charge in [0.2, 0.25) is 0 Å². The molecule has 0 aliphatic rings. The van der Waals surface area contributed by atoms with Crippen molar-refractivity contribution in [3.63, 3.8) is 0 Å². The number of thioether (sulfide) groups is 1. The van der Waals surface area contributed by atoms with Crippen LogP contribution in [0.4, 0.5) is 0 Å². The zero-order chi connectivity index (χ0) is 14.4. The van der Waals surface area contributed by atoms with Gasteiger partial charge >= 0.3 is 0 Å². The summed E-state index contributed by atoms with van der Waals surface area (Å²) >= 11 is 1.77. The maximum Gasteiger partial charge on any atom is 0.119 e. The van der Waals surface area contributed by atoms with Crippen LogP contribution in [0.15, 0.2) is 40.8 Å². The molecule has 1 heterocycles. The number of furan rings is 1. The first kappa shape index (κ1) is 15.0. The summed E-state index contributed by atoms with van der Waals surface area (Å²) in [6.45, 7) is 2.87. The van der Waals surface area contributed by atoms with E-state index in [2.05, 4.69) is 30.6 Å². The largest absolute Gasteiger partial charge is 0.497 e. The standard InChI is InChI=1S/C16H21NO2S/c1-12(13-5-4-6-14(9-13)18-2)17-10-15-7-8-16(19-15)11-20-3/h4-9,12,17H,10-11H2,1-3H3. The molecule has 0 bridgehead atoms. The van der Waals surface area contributed by atoms with E-state index < -0.39 is 0 Å². The summed E-state index contributed by atoms with van der Waals surface area (Å²) in [6, 6.07) is 12.5. The van der Waals surface area contributed by atoms with Gasteiger partial charge in [0.05, 0.1) is 19.4 Å². The van der Waals surface area contributed by atoms with Crippen LogP contribution in [0.1, 0.15) is 30.0 Å². The van der Waals surface area contributed by atoms with Crippen LogP contribution in [-0.2, 0) is 12.3 Å². The van der Waals surface area contributed by atoms with Crippen LogP contribution >= 0.6 is 11.8 Å². The highest BCUT2D eigenvalue weighted by Gasteiger charge is 2.08. The molecule has 20 heavy (non-hydrogen) atoms. The number of methoxy groups -OCH3 is 1. The predicted octanol–water partition coefficient (Wildman–Crippen LogP) is 4.00. The number of hydrogen-bond acceptors (Lipinski definition) is 4. The van der Waals surface area contributed by atoms with Gasteiger partial charge in [0, 0.05) is 6.04 Å². The lowest BCUT2D eigenvalue weighted by molar-refractivity contribution is 0.412. The molecule has 1 unspecified atom stereocenters. The predicted molar refractivity (Wildman–Crippen MR) is 84.2 cm³/mol.